The maximum absolute atomic E-state index is 12.7. The molecule has 2 atom stereocenters. The van der Waals surface area contributed by atoms with Gasteiger partial charge in [-0.3, -0.25) is 0 Å². The Morgan fingerprint density at radius 1 is 1.45 bits per heavy atom. The van der Waals surface area contributed by atoms with Crippen LogP contribution in [0.2, 0.25) is 5.02 Å². The highest BCUT2D eigenvalue weighted by Crippen LogP contribution is 2.32. The fourth-order valence-corrected chi connectivity index (χ4v) is 4.67. The Kier molecular flexibility index (Phi) is 3.62. The number of nitrogen functional groups attached to an aromatic ring is 1. The van der Waals surface area contributed by atoms with Crippen LogP contribution in [0.25, 0.3) is 0 Å². The van der Waals surface area contributed by atoms with Gasteiger partial charge in [0.05, 0.1) is 11.1 Å². The van der Waals surface area contributed by atoms with Gasteiger partial charge in [-0.15, -0.1) is 0 Å². The van der Waals surface area contributed by atoms with Crippen molar-refractivity contribution in [1.82, 2.24) is 9.29 Å². The summed E-state index contributed by atoms with van der Waals surface area (Å²) in [4.78, 5) is 3.81. The predicted molar refractivity (Wildman–Crippen MR) is 74.9 cm³/mol. The number of rotatable bonds is 2. The SMILES string of the molecule is Nc1ncc(Cl)cc1S(=O)(=O)N1CC[C@H]2OCC[C@H]2C1. The van der Waals surface area contributed by atoms with Crippen LogP contribution in [0.3, 0.4) is 0 Å². The summed E-state index contributed by atoms with van der Waals surface area (Å²) in [7, 11) is -3.65. The van der Waals surface area contributed by atoms with Crippen LogP contribution in [-0.4, -0.2) is 43.5 Å². The molecule has 8 heteroatoms. The van der Waals surface area contributed by atoms with Gasteiger partial charge in [0, 0.05) is 31.8 Å². The molecule has 2 aliphatic heterocycles. The van der Waals surface area contributed by atoms with E-state index in [1.807, 2.05) is 0 Å². The zero-order valence-electron chi connectivity index (χ0n) is 10.8. The first-order chi connectivity index (χ1) is 9.48. The zero-order chi connectivity index (χ0) is 14.3. The second-order valence-corrected chi connectivity index (χ2v) is 7.49. The van der Waals surface area contributed by atoms with Gasteiger partial charge < -0.3 is 10.5 Å². The minimum atomic E-state index is -3.65. The Morgan fingerprint density at radius 2 is 2.25 bits per heavy atom. The van der Waals surface area contributed by atoms with E-state index in [0.29, 0.717) is 19.7 Å². The van der Waals surface area contributed by atoms with Crippen molar-refractivity contribution in [2.24, 2.45) is 5.92 Å². The number of sulfonamides is 1. The number of nitrogens with zero attached hydrogens (tertiary/aromatic N) is 2. The van der Waals surface area contributed by atoms with Crippen LogP contribution in [0.5, 0.6) is 0 Å². The van der Waals surface area contributed by atoms with Crippen LogP contribution in [0.1, 0.15) is 12.8 Å². The first-order valence-corrected chi connectivity index (χ1v) is 8.33. The summed E-state index contributed by atoms with van der Waals surface area (Å²) < 4.78 is 32.4. The van der Waals surface area contributed by atoms with Crippen LogP contribution in [0.4, 0.5) is 5.82 Å². The minimum absolute atomic E-state index is 0.0117. The molecule has 6 nitrogen and oxygen atoms in total. The van der Waals surface area contributed by atoms with E-state index in [1.54, 1.807) is 0 Å². The quantitative estimate of drug-likeness (QED) is 0.883. The molecule has 2 aliphatic rings. The fourth-order valence-electron chi connectivity index (χ4n) is 2.84. The van der Waals surface area contributed by atoms with Crippen LogP contribution in [0, 0.1) is 5.92 Å². The van der Waals surface area contributed by atoms with Crippen molar-refractivity contribution in [3.8, 4) is 0 Å². The van der Waals surface area contributed by atoms with E-state index in [0.717, 1.165) is 12.8 Å². The number of halogens is 1. The maximum atomic E-state index is 12.7. The van der Waals surface area contributed by atoms with Crippen molar-refractivity contribution < 1.29 is 13.2 Å². The summed E-state index contributed by atoms with van der Waals surface area (Å²) in [5.41, 5.74) is 5.69. The van der Waals surface area contributed by atoms with Crippen molar-refractivity contribution in [3.05, 3.63) is 17.3 Å². The number of hydrogen-bond acceptors (Lipinski definition) is 5. The van der Waals surface area contributed by atoms with Crippen molar-refractivity contribution in [3.63, 3.8) is 0 Å². The maximum Gasteiger partial charge on any atom is 0.246 e. The Hall–Kier alpha value is -0.890. The number of ether oxygens (including phenoxy) is 1. The number of fused-ring (bicyclic) bond motifs is 1. The largest absolute Gasteiger partial charge is 0.383 e. The molecular weight excluding hydrogens is 302 g/mol. The van der Waals surface area contributed by atoms with E-state index in [4.69, 9.17) is 22.1 Å². The van der Waals surface area contributed by atoms with Crippen molar-refractivity contribution in [1.29, 1.82) is 0 Å². The smallest absolute Gasteiger partial charge is 0.246 e. The topological polar surface area (TPSA) is 85.5 Å². The van der Waals surface area contributed by atoms with E-state index in [9.17, 15) is 8.42 Å². The Balaban J connectivity index is 1.90. The van der Waals surface area contributed by atoms with Crippen molar-refractivity contribution in [2.45, 2.75) is 23.8 Å². The van der Waals surface area contributed by atoms with E-state index in [-0.39, 0.29) is 27.8 Å². The molecule has 0 amide bonds. The second kappa shape index (κ2) is 5.14. The molecule has 0 saturated carbocycles. The van der Waals surface area contributed by atoms with Gasteiger partial charge in [-0.25, -0.2) is 13.4 Å². The summed E-state index contributed by atoms with van der Waals surface area (Å²) in [5.74, 6) is 0.256. The number of anilines is 1. The summed E-state index contributed by atoms with van der Waals surface area (Å²) in [6.07, 6.45) is 3.15. The number of pyridine rings is 1. The summed E-state index contributed by atoms with van der Waals surface area (Å²) >= 11 is 5.83. The monoisotopic (exact) mass is 317 g/mol. The minimum Gasteiger partial charge on any atom is -0.383 e. The second-order valence-electron chi connectivity index (χ2n) is 5.15. The molecule has 20 heavy (non-hydrogen) atoms. The predicted octanol–water partition coefficient (Wildman–Crippen LogP) is 1.12. The van der Waals surface area contributed by atoms with Crippen molar-refractivity contribution in [2.75, 3.05) is 25.4 Å². The molecule has 0 unspecified atom stereocenters. The van der Waals surface area contributed by atoms with Gasteiger partial charge >= 0.3 is 0 Å². The van der Waals surface area contributed by atoms with Crippen LogP contribution in [0.15, 0.2) is 17.2 Å². The Bertz CT molecular complexity index is 622. The van der Waals surface area contributed by atoms with E-state index >= 15 is 0 Å². The lowest BCUT2D eigenvalue weighted by molar-refractivity contribution is 0.0555. The molecule has 3 rings (SSSR count). The van der Waals surface area contributed by atoms with Gasteiger partial charge in [0.2, 0.25) is 10.0 Å². The van der Waals surface area contributed by atoms with Gasteiger partial charge in [-0.05, 0) is 18.9 Å². The van der Waals surface area contributed by atoms with Crippen LogP contribution < -0.4 is 5.73 Å². The molecule has 1 aromatic rings. The zero-order valence-corrected chi connectivity index (χ0v) is 12.4. The van der Waals surface area contributed by atoms with Crippen LogP contribution >= 0.6 is 11.6 Å². The van der Waals surface area contributed by atoms with Gasteiger partial charge in [0.15, 0.2) is 0 Å². The molecule has 2 N–H and O–H groups in total. The fraction of sp³-hybridized carbons (Fsp3) is 0.583. The molecule has 3 heterocycles. The molecular formula is C12H16ClN3O3S. The number of hydrogen-bond donors (Lipinski definition) is 1. The first-order valence-electron chi connectivity index (χ1n) is 6.51. The number of nitrogens with two attached hydrogens (primary N) is 1. The standard InChI is InChI=1S/C12H16ClN3O3S/c13-9-5-11(12(14)15-6-9)20(17,18)16-3-1-10-8(7-16)2-4-19-10/h5-6,8,10H,1-4,7H2,(H2,14,15)/t8-,10+/m0/s1. The third-order valence-corrected chi connectivity index (χ3v) is 6.01. The average Bonchev–Trinajstić information content (AvgIpc) is 2.88. The molecule has 0 aromatic carbocycles. The molecule has 110 valence electrons. The molecule has 0 bridgehead atoms. The highest BCUT2D eigenvalue weighted by molar-refractivity contribution is 7.89. The van der Waals surface area contributed by atoms with Gasteiger partial charge in [-0.1, -0.05) is 11.6 Å². The molecule has 1 aromatic heterocycles. The Labute approximate surface area is 122 Å². The molecule has 0 radical (unpaired) electrons. The van der Waals surface area contributed by atoms with Crippen molar-refractivity contribution >= 4 is 27.4 Å². The molecule has 2 saturated heterocycles. The third kappa shape index (κ3) is 2.39. The van der Waals surface area contributed by atoms with E-state index in [2.05, 4.69) is 4.98 Å². The van der Waals surface area contributed by atoms with E-state index in [1.165, 1.54) is 16.6 Å². The summed E-state index contributed by atoms with van der Waals surface area (Å²) in [5, 5.41) is 0.261. The normalized spacial score (nSPS) is 27.4. The molecule has 0 spiro atoms. The highest BCUT2D eigenvalue weighted by Gasteiger charge is 2.39. The van der Waals surface area contributed by atoms with Crippen LogP contribution in [-0.2, 0) is 14.8 Å². The van der Waals surface area contributed by atoms with Gasteiger partial charge in [-0.2, -0.15) is 4.31 Å². The molecule has 2 fully saturated rings. The first kappa shape index (κ1) is 14.1. The average molecular weight is 318 g/mol. The Morgan fingerprint density at radius 3 is 3.05 bits per heavy atom. The summed E-state index contributed by atoms with van der Waals surface area (Å²) in [6, 6.07) is 1.36. The van der Waals surface area contributed by atoms with Gasteiger partial charge in [0.1, 0.15) is 10.7 Å². The number of aromatic nitrogens is 1. The van der Waals surface area contributed by atoms with Gasteiger partial charge in [0.25, 0.3) is 0 Å². The lowest BCUT2D eigenvalue weighted by atomic mass is 9.96. The number of piperidine rings is 1. The lowest BCUT2D eigenvalue weighted by Gasteiger charge is -2.33. The third-order valence-electron chi connectivity index (χ3n) is 3.91. The lowest BCUT2D eigenvalue weighted by Crippen LogP contribution is -2.44. The van der Waals surface area contributed by atoms with E-state index < -0.39 is 10.0 Å². The highest BCUT2D eigenvalue weighted by atomic mass is 35.5. The summed E-state index contributed by atoms with van der Waals surface area (Å²) in [6.45, 7) is 1.62. The molecule has 0 aliphatic carbocycles.